The zero-order valence-electron chi connectivity index (χ0n) is 20.6. The minimum atomic E-state index is -0.889. The SMILES string of the molecule is COc1ccc(F)cc1C(c1cc(F)ccc1OC)[C@H](C)OC(=O)[C@H](C)CC(=O)OC(C)(C)C. The molecule has 0 unspecified atom stereocenters. The molecule has 0 N–H and O–H groups in total. The standard InChI is InChI=1S/C26H32F2O6/c1-15(12-23(29)34-26(3,4)5)25(30)33-16(2)24(19-13-17(27)8-10-21(19)31-6)20-14-18(28)9-11-22(20)32-7/h8-11,13-16,24H,12H2,1-7H3/t15-,16+/m1/s1. The molecule has 0 bridgehead atoms. The fraction of sp³-hybridized carbons (Fsp3) is 0.462. The summed E-state index contributed by atoms with van der Waals surface area (Å²) in [6.45, 7) is 8.37. The molecule has 0 radical (unpaired) electrons. The van der Waals surface area contributed by atoms with Gasteiger partial charge in [-0.05, 0) is 64.1 Å². The van der Waals surface area contributed by atoms with E-state index in [-0.39, 0.29) is 6.42 Å². The van der Waals surface area contributed by atoms with Crippen LogP contribution in [-0.2, 0) is 19.1 Å². The van der Waals surface area contributed by atoms with Crippen molar-refractivity contribution in [2.75, 3.05) is 14.2 Å². The summed E-state index contributed by atoms with van der Waals surface area (Å²) < 4.78 is 50.2. The van der Waals surface area contributed by atoms with Crippen LogP contribution in [0.2, 0.25) is 0 Å². The van der Waals surface area contributed by atoms with Gasteiger partial charge in [0.05, 0.1) is 32.5 Å². The van der Waals surface area contributed by atoms with Gasteiger partial charge < -0.3 is 18.9 Å². The number of halogens is 2. The van der Waals surface area contributed by atoms with Crippen molar-refractivity contribution in [1.82, 2.24) is 0 Å². The highest BCUT2D eigenvalue weighted by Gasteiger charge is 2.32. The summed E-state index contributed by atoms with van der Waals surface area (Å²) in [4.78, 5) is 25.0. The van der Waals surface area contributed by atoms with Crippen LogP contribution in [0.25, 0.3) is 0 Å². The minimum absolute atomic E-state index is 0.167. The van der Waals surface area contributed by atoms with Crippen LogP contribution in [0.1, 0.15) is 58.1 Å². The van der Waals surface area contributed by atoms with Gasteiger partial charge in [-0.25, -0.2) is 8.78 Å². The topological polar surface area (TPSA) is 71.1 Å². The summed E-state index contributed by atoms with van der Waals surface area (Å²) in [6, 6.07) is 7.88. The van der Waals surface area contributed by atoms with E-state index in [1.165, 1.54) is 50.6 Å². The lowest BCUT2D eigenvalue weighted by Crippen LogP contribution is -2.30. The molecule has 2 rings (SSSR count). The van der Waals surface area contributed by atoms with E-state index < -0.39 is 47.1 Å². The molecule has 0 saturated carbocycles. The Hall–Kier alpha value is -3.16. The second-order valence-electron chi connectivity index (χ2n) is 9.08. The van der Waals surface area contributed by atoms with E-state index in [9.17, 15) is 18.4 Å². The van der Waals surface area contributed by atoms with Gasteiger partial charge in [0.25, 0.3) is 0 Å². The van der Waals surface area contributed by atoms with Crippen molar-refractivity contribution in [3.8, 4) is 11.5 Å². The third-order valence-corrected chi connectivity index (χ3v) is 5.12. The third kappa shape index (κ3) is 7.17. The van der Waals surface area contributed by atoms with Crippen molar-refractivity contribution in [2.45, 2.75) is 58.7 Å². The molecule has 0 fully saturated rings. The van der Waals surface area contributed by atoms with Gasteiger partial charge in [-0.1, -0.05) is 6.92 Å². The molecule has 6 nitrogen and oxygen atoms in total. The van der Waals surface area contributed by atoms with Crippen LogP contribution in [0, 0.1) is 17.6 Å². The number of carbonyl (C=O) groups is 2. The molecule has 0 amide bonds. The first-order valence-electron chi connectivity index (χ1n) is 11.0. The number of ether oxygens (including phenoxy) is 4. The summed E-state index contributed by atoms with van der Waals surface area (Å²) in [7, 11) is 2.85. The van der Waals surface area contributed by atoms with Crippen molar-refractivity contribution < 1.29 is 37.3 Å². The quantitative estimate of drug-likeness (QED) is 0.449. The van der Waals surface area contributed by atoms with E-state index in [1.807, 2.05) is 0 Å². The first kappa shape index (κ1) is 27.1. The highest BCUT2D eigenvalue weighted by Crippen LogP contribution is 2.40. The number of hydrogen-bond acceptors (Lipinski definition) is 6. The Kier molecular flexibility index (Phi) is 9.01. The van der Waals surface area contributed by atoms with E-state index in [4.69, 9.17) is 18.9 Å². The van der Waals surface area contributed by atoms with Gasteiger partial charge >= 0.3 is 11.9 Å². The largest absolute Gasteiger partial charge is 0.496 e. The molecule has 0 spiro atoms. The Labute approximate surface area is 199 Å². The summed E-state index contributed by atoms with van der Waals surface area (Å²) in [5.74, 6) is -3.18. The molecule has 8 heteroatoms. The summed E-state index contributed by atoms with van der Waals surface area (Å²) in [5.41, 5.74) is 0.0269. The number of hydrogen-bond donors (Lipinski definition) is 0. The molecule has 2 aromatic carbocycles. The highest BCUT2D eigenvalue weighted by atomic mass is 19.1. The third-order valence-electron chi connectivity index (χ3n) is 5.12. The van der Waals surface area contributed by atoms with Crippen LogP contribution in [0.5, 0.6) is 11.5 Å². The van der Waals surface area contributed by atoms with Gasteiger partial charge in [0.2, 0.25) is 0 Å². The van der Waals surface area contributed by atoms with Crippen LogP contribution in [-0.4, -0.2) is 37.9 Å². The maximum absolute atomic E-state index is 14.2. The maximum Gasteiger partial charge on any atom is 0.309 e. The number of benzene rings is 2. The molecule has 2 atom stereocenters. The molecule has 0 aliphatic carbocycles. The molecule has 186 valence electrons. The van der Waals surface area contributed by atoms with Crippen LogP contribution >= 0.6 is 0 Å². The normalized spacial score (nSPS) is 13.2. The number of rotatable bonds is 9. The second-order valence-corrected chi connectivity index (χ2v) is 9.08. The van der Waals surface area contributed by atoms with Crippen LogP contribution < -0.4 is 9.47 Å². The lowest BCUT2D eigenvalue weighted by atomic mass is 9.85. The van der Waals surface area contributed by atoms with Crippen LogP contribution in [0.3, 0.4) is 0 Å². The average molecular weight is 479 g/mol. The molecule has 2 aromatic rings. The van der Waals surface area contributed by atoms with E-state index in [0.717, 1.165) is 0 Å². The second kappa shape index (κ2) is 11.3. The predicted molar refractivity (Wildman–Crippen MR) is 123 cm³/mol. The van der Waals surface area contributed by atoms with E-state index >= 15 is 0 Å². The number of esters is 2. The maximum atomic E-state index is 14.2. The molecule has 0 aliphatic heterocycles. The Morgan fingerprint density at radius 1 is 0.882 bits per heavy atom. The van der Waals surface area contributed by atoms with Gasteiger partial charge in [0.15, 0.2) is 0 Å². The zero-order valence-corrected chi connectivity index (χ0v) is 20.6. The molecule has 0 saturated heterocycles. The lowest BCUT2D eigenvalue weighted by molar-refractivity contribution is -0.163. The lowest BCUT2D eigenvalue weighted by Gasteiger charge is -2.28. The van der Waals surface area contributed by atoms with Crippen LogP contribution in [0.4, 0.5) is 8.78 Å². The number of carbonyl (C=O) groups excluding carboxylic acids is 2. The first-order chi connectivity index (χ1) is 15.9. The first-order valence-corrected chi connectivity index (χ1v) is 11.0. The number of methoxy groups -OCH3 is 2. The molecule has 34 heavy (non-hydrogen) atoms. The van der Waals surface area contributed by atoms with E-state index in [2.05, 4.69) is 0 Å². The summed E-state index contributed by atoms with van der Waals surface area (Å²) in [6.07, 6.45) is -1.06. The van der Waals surface area contributed by atoms with Crippen molar-refractivity contribution in [3.63, 3.8) is 0 Å². The average Bonchev–Trinajstić information content (AvgIpc) is 2.72. The van der Waals surface area contributed by atoms with Crippen molar-refractivity contribution in [1.29, 1.82) is 0 Å². The Morgan fingerprint density at radius 2 is 1.35 bits per heavy atom. The highest BCUT2D eigenvalue weighted by molar-refractivity contribution is 5.80. The van der Waals surface area contributed by atoms with Gasteiger partial charge in [0, 0.05) is 11.1 Å². The molecular formula is C26H32F2O6. The zero-order chi connectivity index (χ0) is 25.6. The smallest absolute Gasteiger partial charge is 0.309 e. The van der Waals surface area contributed by atoms with Crippen LogP contribution in [0.15, 0.2) is 36.4 Å². The van der Waals surface area contributed by atoms with Gasteiger partial charge in [-0.3, -0.25) is 9.59 Å². The minimum Gasteiger partial charge on any atom is -0.496 e. The molecule has 0 aromatic heterocycles. The molecule has 0 aliphatic rings. The Morgan fingerprint density at radius 3 is 1.76 bits per heavy atom. The van der Waals surface area contributed by atoms with Crippen molar-refractivity contribution in [3.05, 3.63) is 59.2 Å². The Bertz CT molecular complexity index is 961. The van der Waals surface area contributed by atoms with Gasteiger partial charge in [-0.2, -0.15) is 0 Å². The fourth-order valence-electron chi connectivity index (χ4n) is 3.65. The summed E-state index contributed by atoms with van der Waals surface area (Å²) in [5, 5.41) is 0. The van der Waals surface area contributed by atoms with Crippen molar-refractivity contribution >= 4 is 11.9 Å². The Balaban J connectivity index is 2.41. The fourth-order valence-corrected chi connectivity index (χ4v) is 3.65. The van der Waals surface area contributed by atoms with Gasteiger partial charge in [-0.15, -0.1) is 0 Å². The van der Waals surface area contributed by atoms with E-state index in [1.54, 1.807) is 34.6 Å². The predicted octanol–water partition coefficient (Wildman–Crippen LogP) is 5.41. The molecule has 0 heterocycles. The monoisotopic (exact) mass is 478 g/mol. The van der Waals surface area contributed by atoms with Gasteiger partial charge in [0.1, 0.15) is 34.8 Å². The van der Waals surface area contributed by atoms with Crippen molar-refractivity contribution in [2.24, 2.45) is 5.92 Å². The molecular weight excluding hydrogens is 446 g/mol. The van der Waals surface area contributed by atoms with E-state index in [0.29, 0.717) is 22.6 Å². The summed E-state index contributed by atoms with van der Waals surface area (Å²) >= 11 is 0.